The molecule has 7 heteroatoms. The minimum Gasteiger partial charge on any atom is -0.394 e. The van der Waals surface area contributed by atoms with E-state index in [4.69, 9.17) is 21.4 Å². The molecule has 0 saturated carbocycles. The highest BCUT2D eigenvalue weighted by molar-refractivity contribution is 6.30. The summed E-state index contributed by atoms with van der Waals surface area (Å²) in [6.07, 6.45) is 0.257. The minimum atomic E-state index is -0.168. The number of anilines is 1. The molecule has 2 aromatic rings. The van der Waals surface area contributed by atoms with Crippen LogP contribution in [0, 0.1) is 0 Å². The molecule has 0 aliphatic heterocycles. The number of halogens is 1. The SMILES string of the molecule is COCCC(=O)Nc1cc(-c2cccc(Cl)c2)nn1CCO. The Morgan fingerprint density at radius 2 is 2.27 bits per heavy atom. The second-order valence-corrected chi connectivity index (χ2v) is 5.10. The number of nitrogens with zero attached hydrogens (tertiary/aromatic N) is 2. The van der Waals surface area contributed by atoms with Gasteiger partial charge in [0.2, 0.25) is 5.91 Å². The van der Waals surface area contributed by atoms with Crippen molar-refractivity contribution >= 4 is 23.3 Å². The number of ether oxygens (including phenoxy) is 1. The predicted octanol–water partition coefficient (Wildman–Crippen LogP) is 2.17. The zero-order valence-electron chi connectivity index (χ0n) is 12.3. The topological polar surface area (TPSA) is 76.4 Å². The fourth-order valence-electron chi connectivity index (χ4n) is 1.97. The van der Waals surface area contributed by atoms with Gasteiger partial charge in [-0.15, -0.1) is 0 Å². The molecular formula is C15H18ClN3O3. The number of amides is 1. The van der Waals surface area contributed by atoms with E-state index in [2.05, 4.69) is 10.4 Å². The molecule has 0 spiro atoms. The van der Waals surface area contributed by atoms with Crippen molar-refractivity contribution in [3.05, 3.63) is 35.4 Å². The van der Waals surface area contributed by atoms with Crippen LogP contribution in [0.5, 0.6) is 0 Å². The molecule has 0 unspecified atom stereocenters. The van der Waals surface area contributed by atoms with Gasteiger partial charge in [-0.3, -0.25) is 4.79 Å². The monoisotopic (exact) mass is 323 g/mol. The van der Waals surface area contributed by atoms with E-state index in [0.717, 1.165) is 5.56 Å². The Morgan fingerprint density at radius 3 is 2.95 bits per heavy atom. The lowest BCUT2D eigenvalue weighted by Crippen LogP contribution is -2.17. The van der Waals surface area contributed by atoms with Crippen molar-refractivity contribution in [2.45, 2.75) is 13.0 Å². The number of methoxy groups -OCH3 is 1. The quantitative estimate of drug-likeness (QED) is 0.818. The normalized spacial score (nSPS) is 10.7. The average Bonchev–Trinajstić information content (AvgIpc) is 2.88. The molecule has 0 fully saturated rings. The van der Waals surface area contributed by atoms with E-state index in [9.17, 15) is 4.79 Å². The summed E-state index contributed by atoms with van der Waals surface area (Å²) >= 11 is 5.99. The number of hydrogen-bond acceptors (Lipinski definition) is 4. The van der Waals surface area contributed by atoms with Crippen molar-refractivity contribution in [3.8, 4) is 11.3 Å². The molecule has 0 bridgehead atoms. The molecule has 2 rings (SSSR count). The highest BCUT2D eigenvalue weighted by Crippen LogP contribution is 2.24. The van der Waals surface area contributed by atoms with Crippen molar-refractivity contribution < 1.29 is 14.6 Å². The Bertz CT molecular complexity index is 643. The number of nitrogens with one attached hydrogen (secondary N) is 1. The first-order valence-electron chi connectivity index (χ1n) is 6.87. The standard InChI is InChI=1S/C15H18ClN3O3/c1-22-8-5-15(21)17-14-10-13(18-19(14)6-7-20)11-3-2-4-12(16)9-11/h2-4,9-10,20H,5-8H2,1H3,(H,17,21). The van der Waals surface area contributed by atoms with Gasteiger partial charge in [0.1, 0.15) is 5.82 Å². The molecular weight excluding hydrogens is 306 g/mol. The molecule has 0 radical (unpaired) electrons. The highest BCUT2D eigenvalue weighted by Gasteiger charge is 2.12. The summed E-state index contributed by atoms with van der Waals surface area (Å²) < 4.78 is 6.43. The highest BCUT2D eigenvalue weighted by atomic mass is 35.5. The van der Waals surface area contributed by atoms with Gasteiger partial charge in [-0.1, -0.05) is 23.7 Å². The smallest absolute Gasteiger partial charge is 0.227 e. The van der Waals surface area contributed by atoms with Crippen LogP contribution >= 0.6 is 11.6 Å². The Balaban J connectivity index is 2.23. The number of aliphatic hydroxyl groups is 1. The largest absolute Gasteiger partial charge is 0.394 e. The summed E-state index contributed by atoms with van der Waals surface area (Å²) in [5.74, 6) is 0.365. The van der Waals surface area contributed by atoms with Gasteiger partial charge in [0, 0.05) is 23.8 Å². The number of aromatic nitrogens is 2. The molecule has 2 N–H and O–H groups in total. The van der Waals surface area contributed by atoms with Crippen LogP contribution < -0.4 is 5.32 Å². The maximum atomic E-state index is 11.8. The minimum absolute atomic E-state index is 0.0718. The van der Waals surface area contributed by atoms with Crippen LogP contribution in [-0.2, 0) is 16.1 Å². The first-order chi connectivity index (χ1) is 10.6. The van der Waals surface area contributed by atoms with E-state index in [1.54, 1.807) is 30.0 Å². The summed E-state index contributed by atoms with van der Waals surface area (Å²) in [5.41, 5.74) is 1.52. The van der Waals surface area contributed by atoms with Crippen LogP contribution in [-0.4, -0.2) is 41.1 Å². The zero-order valence-corrected chi connectivity index (χ0v) is 13.0. The summed E-state index contributed by atoms with van der Waals surface area (Å²) in [6, 6.07) is 9.05. The fraction of sp³-hybridized carbons (Fsp3) is 0.333. The van der Waals surface area contributed by atoms with E-state index >= 15 is 0 Å². The van der Waals surface area contributed by atoms with Crippen molar-refractivity contribution in [2.75, 3.05) is 25.6 Å². The molecule has 0 atom stereocenters. The molecule has 1 heterocycles. The summed E-state index contributed by atoms with van der Waals surface area (Å²) in [5, 5.41) is 16.9. The summed E-state index contributed by atoms with van der Waals surface area (Å²) in [4.78, 5) is 11.8. The van der Waals surface area contributed by atoms with Crippen LogP contribution in [0.3, 0.4) is 0 Å². The van der Waals surface area contributed by atoms with Crippen LogP contribution in [0.4, 0.5) is 5.82 Å². The van der Waals surface area contributed by atoms with Crippen molar-refractivity contribution in [1.82, 2.24) is 9.78 Å². The molecule has 1 aromatic heterocycles. The Morgan fingerprint density at radius 1 is 1.45 bits per heavy atom. The van der Waals surface area contributed by atoms with E-state index in [0.29, 0.717) is 29.7 Å². The third-order valence-electron chi connectivity index (χ3n) is 3.01. The van der Waals surface area contributed by atoms with Gasteiger partial charge in [-0.05, 0) is 12.1 Å². The maximum Gasteiger partial charge on any atom is 0.227 e. The van der Waals surface area contributed by atoms with Crippen LogP contribution in [0.2, 0.25) is 5.02 Å². The predicted molar refractivity (Wildman–Crippen MR) is 84.9 cm³/mol. The van der Waals surface area contributed by atoms with Crippen molar-refractivity contribution in [1.29, 1.82) is 0 Å². The van der Waals surface area contributed by atoms with Crippen LogP contribution in [0.25, 0.3) is 11.3 Å². The molecule has 22 heavy (non-hydrogen) atoms. The molecule has 118 valence electrons. The maximum absolute atomic E-state index is 11.8. The molecule has 0 aliphatic carbocycles. The number of carbonyl (C=O) groups is 1. The Labute approximate surface area is 133 Å². The molecule has 1 aromatic carbocycles. The first kappa shape index (κ1) is 16.5. The van der Waals surface area contributed by atoms with E-state index in [1.165, 1.54) is 0 Å². The first-order valence-corrected chi connectivity index (χ1v) is 7.25. The van der Waals surface area contributed by atoms with Crippen molar-refractivity contribution in [3.63, 3.8) is 0 Å². The van der Waals surface area contributed by atoms with Crippen LogP contribution in [0.15, 0.2) is 30.3 Å². The van der Waals surface area contributed by atoms with Gasteiger partial charge in [-0.2, -0.15) is 5.10 Å². The van der Waals surface area contributed by atoms with Gasteiger partial charge >= 0.3 is 0 Å². The second kappa shape index (κ2) is 7.93. The lowest BCUT2D eigenvalue weighted by atomic mass is 10.1. The summed E-state index contributed by atoms with van der Waals surface area (Å²) in [7, 11) is 1.54. The molecule has 1 amide bonds. The number of hydrogen-bond donors (Lipinski definition) is 2. The Hall–Kier alpha value is -1.89. The zero-order chi connectivity index (χ0) is 15.9. The Kier molecular flexibility index (Phi) is 5.94. The van der Waals surface area contributed by atoms with Gasteiger partial charge in [0.15, 0.2) is 0 Å². The third kappa shape index (κ3) is 4.30. The lowest BCUT2D eigenvalue weighted by Gasteiger charge is -2.07. The fourth-order valence-corrected chi connectivity index (χ4v) is 2.16. The van der Waals surface area contributed by atoms with Gasteiger partial charge in [0.05, 0.1) is 31.9 Å². The third-order valence-corrected chi connectivity index (χ3v) is 3.25. The molecule has 6 nitrogen and oxygen atoms in total. The van der Waals surface area contributed by atoms with Gasteiger partial charge in [-0.25, -0.2) is 4.68 Å². The number of rotatable bonds is 7. The van der Waals surface area contributed by atoms with Crippen LogP contribution in [0.1, 0.15) is 6.42 Å². The number of aliphatic hydroxyl groups excluding tert-OH is 1. The molecule has 0 saturated heterocycles. The lowest BCUT2D eigenvalue weighted by molar-refractivity contribution is -0.117. The van der Waals surface area contributed by atoms with Crippen molar-refractivity contribution in [2.24, 2.45) is 0 Å². The van der Waals surface area contributed by atoms with E-state index in [1.807, 2.05) is 12.1 Å². The average molecular weight is 324 g/mol. The van der Waals surface area contributed by atoms with E-state index in [-0.39, 0.29) is 18.9 Å². The number of carbonyl (C=O) groups excluding carboxylic acids is 1. The van der Waals surface area contributed by atoms with E-state index < -0.39 is 0 Å². The second-order valence-electron chi connectivity index (χ2n) is 4.66. The van der Waals surface area contributed by atoms with Gasteiger partial charge in [0.25, 0.3) is 0 Å². The molecule has 0 aliphatic rings. The van der Waals surface area contributed by atoms with Gasteiger partial charge < -0.3 is 15.2 Å². The summed E-state index contributed by atoms with van der Waals surface area (Å²) in [6.45, 7) is 0.569. The number of benzene rings is 1.